The van der Waals surface area contributed by atoms with Gasteiger partial charge in [-0.25, -0.2) is 19.3 Å². The summed E-state index contributed by atoms with van der Waals surface area (Å²) in [6.07, 6.45) is -1.92. The van der Waals surface area contributed by atoms with Crippen LogP contribution in [0.1, 0.15) is 23.2 Å². The number of para-hydroxylation sites is 1. The number of hydrogen-bond acceptors (Lipinski definition) is 9. The lowest BCUT2D eigenvalue weighted by molar-refractivity contribution is -0.0188. The topological polar surface area (TPSA) is 133 Å². The van der Waals surface area contributed by atoms with Crippen LogP contribution >= 0.6 is 0 Å². The van der Waals surface area contributed by atoms with Gasteiger partial charge in [0.25, 0.3) is 5.91 Å². The van der Waals surface area contributed by atoms with Crippen molar-refractivity contribution in [2.24, 2.45) is 0 Å². The molecule has 12 nitrogen and oxygen atoms in total. The van der Waals surface area contributed by atoms with Gasteiger partial charge in [0.05, 0.1) is 12.7 Å². The number of piperidine rings is 1. The summed E-state index contributed by atoms with van der Waals surface area (Å²) in [6.45, 7) is 0.377. The van der Waals surface area contributed by atoms with Gasteiger partial charge in [-0.15, -0.1) is 0 Å². The summed E-state index contributed by atoms with van der Waals surface area (Å²) >= 11 is 0. The average Bonchev–Trinajstić information content (AvgIpc) is 2.87. The summed E-state index contributed by atoms with van der Waals surface area (Å²) in [5, 5.41) is 2.39. The van der Waals surface area contributed by atoms with Gasteiger partial charge in [0.2, 0.25) is 0 Å². The van der Waals surface area contributed by atoms with Crippen molar-refractivity contribution in [3.05, 3.63) is 29.8 Å². The fourth-order valence-electron chi connectivity index (χ4n) is 3.15. The van der Waals surface area contributed by atoms with E-state index in [2.05, 4.69) is 5.32 Å². The third kappa shape index (κ3) is 7.51. The number of nitrogens with zero attached hydrogens (tertiary/aromatic N) is 2. The maximum absolute atomic E-state index is 12.6. The number of nitrogens with one attached hydrogen (secondary N) is 1. The van der Waals surface area contributed by atoms with E-state index in [0.29, 0.717) is 31.7 Å². The third-order valence-corrected chi connectivity index (χ3v) is 5.21. The molecule has 1 aliphatic rings. The summed E-state index contributed by atoms with van der Waals surface area (Å²) in [5.41, 5.74) is 0.214. The number of rotatable bonds is 8. The molecular weight excluding hydrogens is 450 g/mol. The van der Waals surface area contributed by atoms with E-state index in [1.54, 1.807) is 18.2 Å². The standard InChI is InChI=1S/C22H31N3O9/c1-23-20(27)34-15-9-11-25(12-10-15)22(29)33-14-16(30-3)13-32-21(28)24(2)19(26)17-7-5-6-8-18(17)31-4/h5-8,15-16H,9-14H2,1-4H3,(H,23,27). The minimum Gasteiger partial charge on any atom is -0.496 e. The Morgan fingerprint density at radius 1 is 1.09 bits per heavy atom. The van der Waals surface area contributed by atoms with E-state index in [0.717, 1.165) is 4.90 Å². The molecule has 0 radical (unpaired) electrons. The maximum Gasteiger partial charge on any atom is 0.416 e. The van der Waals surface area contributed by atoms with Crippen molar-refractivity contribution in [2.75, 3.05) is 54.6 Å². The molecule has 1 aliphatic heterocycles. The van der Waals surface area contributed by atoms with Crippen molar-refractivity contribution in [1.82, 2.24) is 15.1 Å². The molecule has 0 saturated carbocycles. The van der Waals surface area contributed by atoms with Crippen molar-refractivity contribution in [1.29, 1.82) is 0 Å². The third-order valence-electron chi connectivity index (χ3n) is 5.21. The fraction of sp³-hybridized carbons (Fsp3) is 0.545. The largest absolute Gasteiger partial charge is 0.496 e. The Morgan fingerprint density at radius 3 is 2.35 bits per heavy atom. The van der Waals surface area contributed by atoms with Crippen LogP contribution in [-0.2, 0) is 18.9 Å². The summed E-state index contributed by atoms with van der Waals surface area (Å²) in [4.78, 5) is 50.8. The Balaban J connectivity index is 1.77. The van der Waals surface area contributed by atoms with E-state index >= 15 is 0 Å². The average molecular weight is 482 g/mol. The second-order valence-electron chi connectivity index (χ2n) is 7.42. The molecule has 0 aliphatic carbocycles. The second-order valence-corrected chi connectivity index (χ2v) is 7.42. The molecule has 1 atom stereocenters. The zero-order valence-corrected chi connectivity index (χ0v) is 19.8. The summed E-state index contributed by atoms with van der Waals surface area (Å²) in [5.74, 6) is -0.260. The predicted molar refractivity (Wildman–Crippen MR) is 119 cm³/mol. The van der Waals surface area contributed by atoms with Crippen LogP contribution in [0, 0.1) is 0 Å². The number of carbonyl (C=O) groups excluding carboxylic acids is 4. The molecule has 1 N–H and O–H groups in total. The molecular formula is C22H31N3O9. The van der Waals surface area contributed by atoms with Gasteiger partial charge in [0.1, 0.15) is 31.2 Å². The maximum atomic E-state index is 12.6. The van der Waals surface area contributed by atoms with E-state index in [9.17, 15) is 19.2 Å². The number of ether oxygens (including phenoxy) is 5. The Kier molecular flexibility index (Phi) is 10.4. The number of methoxy groups -OCH3 is 2. The van der Waals surface area contributed by atoms with Gasteiger partial charge < -0.3 is 33.9 Å². The van der Waals surface area contributed by atoms with Crippen molar-refractivity contribution < 1.29 is 42.9 Å². The van der Waals surface area contributed by atoms with E-state index in [1.165, 1.54) is 39.3 Å². The molecule has 1 fully saturated rings. The van der Waals surface area contributed by atoms with Crippen molar-refractivity contribution >= 4 is 24.2 Å². The van der Waals surface area contributed by atoms with Gasteiger partial charge in [-0.2, -0.15) is 0 Å². The number of carbonyl (C=O) groups is 4. The predicted octanol–water partition coefficient (Wildman–Crippen LogP) is 1.88. The highest BCUT2D eigenvalue weighted by Gasteiger charge is 2.27. The number of alkyl carbamates (subject to hydrolysis) is 1. The number of imide groups is 1. The van der Waals surface area contributed by atoms with Gasteiger partial charge in [-0.1, -0.05) is 12.1 Å². The lowest BCUT2D eigenvalue weighted by Crippen LogP contribution is -2.43. The molecule has 1 saturated heterocycles. The highest BCUT2D eigenvalue weighted by molar-refractivity contribution is 6.04. The first-order valence-corrected chi connectivity index (χ1v) is 10.7. The molecule has 188 valence electrons. The van der Waals surface area contributed by atoms with Crippen LogP contribution in [0.5, 0.6) is 5.75 Å². The highest BCUT2D eigenvalue weighted by atomic mass is 16.6. The molecule has 0 bridgehead atoms. The minimum atomic E-state index is -0.887. The first kappa shape index (κ1) is 26.7. The van der Waals surface area contributed by atoms with Crippen LogP contribution in [-0.4, -0.2) is 101 Å². The van der Waals surface area contributed by atoms with Crippen LogP contribution in [0.2, 0.25) is 0 Å². The Morgan fingerprint density at radius 2 is 1.74 bits per heavy atom. The minimum absolute atomic E-state index is 0.151. The summed E-state index contributed by atoms with van der Waals surface area (Å²) in [6, 6.07) is 6.51. The number of amides is 4. The molecule has 4 amide bonds. The number of hydrogen-bond donors (Lipinski definition) is 1. The zero-order chi connectivity index (χ0) is 25.1. The van der Waals surface area contributed by atoms with Crippen LogP contribution in [0.4, 0.5) is 14.4 Å². The smallest absolute Gasteiger partial charge is 0.416 e. The molecule has 0 aromatic heterocycles. The molecule has 1 aromatic rings. The van der Waals surface area contributed by atoms with Crippen molar-refractivity contribution in [3.8, 4) is 5.75 Å². The lowest BCUT2D eigenvalue weighted by atomic mass is 10.1. The van der Waals surface area contributed by atoms with Crippen molar-refractivity contribution in [2.45, 2.75) is 25.0 Å². The quantitative estimate of drug-likeness (QED) is 0.553. The molecule has 1 aromatic carbocycles. The monoisotopic (exact) mass is 481 g/mol. The van der Waals surface area contributed by atoms with Gasteiger partial charge in [-0.05, 0) is 12.1 Å². The van der Waals surface area contributed by atoms with Gasteiger partial charge >= 0.3 is 18.3 Å². The second kappa shape index (κ2) is 13.2. The van der Waals surface area contributed by atoms with Crippen LogP contribution in [0.3, 0.4) is 0 Å². The molecule has 2 rings (SSSR count). The lowest BCUT2D eigenvalue weighted by Gasteiger charge is -2.31. The Labute approximate surface area is 198 Å². The van der Waals surface area contributed by atoms with Crippen LogP contribution < -0.4 is 10.1 Å². The van der Waals surface area contributed by atoms with E-state index < -0.39 is 30.3 Å². The summed E-state index contributed by atoms with van der Waals surface area (Å²) in [7, 11) is 5.58. The number of benzene rings is 1. The fourth-order valence-corrected chi connectivity index (χ4v) is 3.15. The van der Waals surface area contributed by atoms with Crippen LogP contribution in [0.25, 0.3) is 0 Å². The molecule has 12 heteroatoms. The van der Waals surface area contributed by atoms with E-state index in [-0.39, 0.29) is 24.9 Å². The highest BCUT2D eigenvalue weighted by Crippen LogP contribution is 2.19. The van der Waals surface area contributed by atoms with E-state index in [1.807, 2.05) is 0 Å². The first-order chi connectivity index (χ1) is 16.3. The zero-order valence-electron chi connectivity index (χ0n) is 19.8. The molecule has 1 unspecified atom stereocenters. The molecule has 1 heterocycles. The Hall–Kier alpha value is -3.54. The summed E-state index contributed by atoms with van der Waals surface area (Å²) < 4.78 is 26.0. The SMILES string of the molecule is CNC(=O)OC1CCN(C(=O)OCC(COC(=O)N(C)C(=O)c2ccccc2OC)OC)CC1. The van der Waals surface area contributed by atoms with Crippen molar-refractivity contribution in [3.63, 3.8) is 0 Å². The first-order valence-electron chi connectivity index (χ1n) is 10.7. The molecule has 0 spiro atoms. The van der Waals surface area contributed by atoms with E-state index in [4.69, 9.17) is 23.7 Å². The Bertz CT molecular complexity index is 856. The molecule has 34 heavy (non-hydrogen) atoms. The van der Waals surface area contributed by atoms with Gasteiger partial charge in [0.15, 0.2) is 0 Å². The van der Waals surface area contributed by atoms with Gasteiger partial charge in [-0.3, -0.25) is 4.79 Å². The van der Waals surface area contributed by atoms with Crippen LogP contribution in [0.15, 0.2) is 24.3 Å². The normalized spacial score (nSPS) is 14.5. The van der Waals surface area contributed by atoms with Gasteiger partial charge in [0, 0.05) is 47.1 Å². The number of likely N-dealkylation sites (tertiary alicyclic amines) is 1.